The number of alkyl halides is 3. The van der Waals surface area contributed by atoms with Gasteiger partial charge in [-0.25, -0.2) is 9.78 Å². The molecule has 0 spiro atoms. The Morgan fingerprint density at radius 1 is 1.26 bits per heavy atom. The maximum atomic E-state index is 12.1. The number of fused-ring (bicyclic) bond motifs is 1. The summed E-state index contributed by atoms with van der Waals surface area (Å²) >= 11 is 0. The van der Waals surface area contributed by atoms with Crippen LogP contribution in [0.1, 0.15) is 0 Å². The summed E-state index contributed by atoms with van der Waals surface area (Å²) in [5.74, 6) is 0. The van der Waals surface area contributed by atoms with Crippen LogP contribution >= 0.6 is 0 Å². The topological polar surface area (TPSA) is 64.3 Å². The van der Waals surface area contributed by atoms with Crippen LogP contribution in [0.5, 0.6) is 0 Å². The SMILES string of the molecule is O=C(NCC(F)(F)F)N1CCN(c2cccc3[nH]cnc23)CC1. The standard InChI is InChI=1S/C14H16F3N5O/c15-14(16,17)8-18-13(23)22-6-4-21(5-7-22)11-3-1-2-10-12(11)20-9-19-10/h1-3,9H,4-8H2,(H,18,23)(H,19,20). The molecule has 1 aliphatic heterocycles. The normalized spacial score (nSPS) is 16.0. The fourth-order valence-corrected chi connectivity index (χ4v) is 2.64. The lowest BCUT2D eigenvalue weighted by atomic mass is 10.2. The lowest BCUT2D eigenvalue weighted by Gasteiger charge is -2.36. The minimum Gasteiger partial charge on any atom is -0.366 e. The number of hydrogen-bond acceptors (Lipinski definition) is 3. The number of amides is 2. The van der Waals surface area contributed by atoms with Crippen molar-refractivity contribution in [2.45, 2.75) is 6.18 Å². The molecule has 1 saturated heterocycles. The van der Waals surface area contributed by atoms with Crippen molar-refractivity contribution < 1.29 is 18.0 Å². The van der Waals surface area contributed by atoms with Crippen molar-refractivity contribution in [3.8, 4) is 0 Å². The molecular weight excluding hydrogens is 311 g/mol. The van der Waals surface area contributed by atoms with E-state index in [-0.39, 0.29) is 0 Å². The van der Waals surface area contributed by atoms with Gasteiger partial charge in [0.2, 0.25) is 0 Å². The molecule has 2 heterocycles. The average Bonchev–Trinajstić information content (AvgIpc) is 3.00. The van der Waals surface area contributed by atoms with Crippen molar-refractivity contribution in [2.75, 3.05) is 37.6 Å². The van der Waals surface area contributed by atoms with Crippen molar-refractivity contribution in [1.29, 1.82) is 0 Å². The molecule has 0 radical (unpaired) electrons. The highest BCUT2D eigenvalue weighted by Crippen LogP contribution is 2.25. The second kappa shape index (κ2) is 5.98. The maximum absolute atomic E-state index is 12.1. The highest BCUT2D eigenvalue weighted by atomic mass is 19.4. The molecular formula is C14H16F3N5O. The van der Waals surface area contributed by atoms with E-state index in [1.165, 1.54) is 4.90 Å². The maximum Gasteiger partial charge on any atom is 0.405 e. The Morgan fingerprint density at radius 2 is 2.00 bits per heavy atom. The van der Waals surface area contributed by atoms with Crippen LogP contribution in [0, 0.1) is 0 Å². The van der Waals surface area contributed by atoms with Gasteiger partial charge in [-0.05, 0) is 12.1 Å². The molecule has 3 rings (SSSR count). The number of piperazine rings is 1. The number of halogens is 3. The van der Waals surface area contributed by atoms with Crippen LogP contribution in [-0.2, 0) is 0 Å². The molecule has 0 atom stereocenters. The minimum atomic E-state index is -4.40. The first kappa shape index (κ1) is 15.4. The molecule has 1 aromatic heterocycles. The van der Waals surface area contributed by atoms with Gasteiger partial charge in [0, 0.05) is 26.2 Å². The molecule has 0 unspecified atom stereocenters. The van der Waals surface area contributed by atoms with Gasteiger partial charge >= 0.3 is 12.2 Å². The van der Waals surface area contributed by atoms with Crippen LogP contribution in [0.25, 0.3) is 11.0 Å². The lowest BCUT2D eigenvalue weighted by molar-refractivity contribution is -0.123. The predicted octanol–water partition coefficient (Wildman–Crippen LogP) is 1.96. The van der Waals surface area contributed by atoms with Crippen LogP contribution in [0.2, 0.25) is 0 Å². The van der Waals surface area contributed by atoms with E-state index in [9.17, 15) is 18.0 Å². The third kappa shape index (κ3) is 3.49. The van der Waals surface area contributed by atoms with Crippen LogP contribution in [0.15, 0.2) is 24.5 Å². The van der Waals surface area contributed by atoms with Crippen molar-refractivity contribution in [3.63, 3.8) is 0 Å². The first-order chi connectivity index (χ1) is 10.9. The Hall–Kier alpha value is -2.45. The predicted molar refractivity (Wildman–Crippen MR) is 79.3 cm³/mol. The molecule has 2 aromatic rings. The first-order valence-electron chi connectivity index (χ1n) is 7.20. The number of rotatable bonds is 2. The van der Waals surface area contributed by atoms with E-state index in [0.717, 1.165) is 16.7 Å². The summed E-state index contributed by atoms with van der Waals surface area (Å²) in [7, 11) is 0. The average molecular weight is 327 g/mol. The van der Waals surface area contributed by atoms with E-state index in [1.54, 1.807) is 6.33 Å². The van der Waals surface area contributed by atoms with Crippen LogP contribution in [0.4, 0.5) is 23.7 Å². The van der Waals surface area contributed by atoms with E-state index < -0.39 is 18.8 Å². The summed E-state index contributed by atoms with van der Waals surface area (Å²) in [4.78, 5) is 22.5. The van der Waals surface area contributed by atoms with Gasteiger partial charge in [0.05, 0.1) is 17.5 Å². The van der Waals surface area contributed by atoms with Crippen molar-refractivity contribution in [1.82, 2.24) is 20.2 Å². The van der Waals surface area contributed by atoms with Crippen molar-refractivity contribution in [3.05, 3.63) is 24.5 Å². The zero-order valence-corrected chi connectivity index (χ0v) is 12.2. The molecule has 6 nitrogen and oxygen atoms in total. The van der Waals surface area contributed by atoms with Gasteiger partial charge in [-0.1, -0.05) is 6.07 Å². The number of H-pyrrole nitrogens is 1. The van der Waals surface area contributed by atoms with Gasteiger partial charge < -0.3 is 20.1 Å². The van der Waals surface area contributed by atoms with Gasteiger partial charge in [-0.15, -0.1) is 0 Å². The monoisotopic (exact) mass is 327 g/mol. The second-order valence-corrected chi connectivity index (χ2v) is 5.32. The number of para-hydroxylation sites is 1. The smallest absolute Gasteiger partial charge is 0.366 e. The molecule has 2 N–H and O–H groups in total. The van der Waals surface area contributed by atoms with Crippen LogP contribution in [0.3, 0.4) is 0 Å². The molecule has 23 heavy (non-hydrogen) atoms. The fraction of sp³-hybridized carbons (Fsp3) is 0.429. The summed E-state index contributed by atoms with van der Waals surface area (Å²) in [6.07, 6.45) is -2.78. The summed E-state index contributed by atoms with van der Waals surface area (Å²) < 4.78 is 36.4. The number of carbonyl (C=O) groups is 1. The molecule has 1 fully saturated rings. The molecule has 1 aliphatic rings. The summed E-state index contributed by atoms with van der Waals surface area (Å²) in [6.45, 7) is 0.518. The van der Waals surface area contributed by atoms with Gasteiger partial charge in [-0.3, -0.25) is 0 Å². The molecule has 1 aromatic carbocycles. The van der Waals surface area contributed by atoms with Crippen molar-refractivity contribution >= 4 is 22.8 Å². The van der Waals surface area contributed by atoms with E-state index in [2.05, 4.69) is 14.9 Å². The van der Waals surface area contributed by atoms with E-state index >= 15 is 0 Å². The van der Waals surface area contributed by atoms with E-state index in [0.29, 0.717) is 26.2 Å². The zero-order chi connectivity index (χ0) is 16.4. The number of nitrogens with zero attached hydrogens (tertiary/aromatic N) is 3. The third-order valence-electron chi connectivity index (χ3n) is 3.78. The number of benzene rings is 1. The number of nitrogens with one attached hydrogen (secondary N) is 2. The van der Waals surface area contributed by atoms with Gasteiger partial charge in [0.15, 0.2) is 0 Å². The van der Waals surface area contributed by atoms with E-state index in [1.807, 2.05) is 23.5 Å². The second-order valence-electron chi connectivity index (χ2n) is 5.32. The highest BCUT2D eigenvalue weighted by molar-refractivity contribution is 5.88. The Labute approximate surface area is 130 Å². The van der Waals surface area contributed by atoms with Gasteiger partial charge in [-0.2, -0.15) is 13.2 Å². The summed E-state index contributed by atoms with van der Waals surface area (Å²) in [5.41, 5.74) is 2.73. The fourth-order valence-electron chi connectivity index (χ4n) is 2.64. The minimum absolute atomic E-state index is 0.366. The number of aromatic nitrogens is 2. The number of hydrogen-bond donors (Lipinski definition) is 2. The lowest BCUT2D eigenvalue weighted by Crippen LogP contribution is -2.53. The van der Waals surface area contributed by atoms with Gasteiger partial charge in [0.1, 0.15) is 12.1 Å². The first-order valence-corrected chi connectivity index (χ1v) is 7.20. The molecule has 0 aliphatic carbocycles. The quantitative estimate of drug-likeness (QED) is 0.886. The number of carbonyl (C=O) groups excluding carboxylic acids is 1. The molecule has 0 bridgehead atoms. The Kier molecular flexibility index (Phi) is 4.01. The number of aromatic amines is 1. The number of urea groups is 1. The van der Waals surface area contributed by atoms with Gasteiger partial charge in [0.25, 0.3) is 0 Å². The van der Waals surface area contributed by atoms with Crippen molar-refractivity contribution in [2.24, 2.45) is 0 Å². The number of imidazole rings is 1. The summed E-state index contributed by atoms with van der Waals surface area (Å²) in [5, 5.41) is 1.90. The molecule has 0 saturated carbocycles. The Bertz CT molecular complexity index is 691. The van der Waals surface area contributed by atoms with Crippen LogP contribution in [-0.4, -0.2) is 59.8 Å². The zero-order valence-electron chi connectivity index (χ0n) is 12.2. The van der Waals surface area contributed by atoms with Crippen LogP contribution < -0.4 is 10.2 Å². The number of anilines is 1. The molecule has 124 valence electrons. The molecule has 2 amide bonds. The Morgan fingerprint density at radius 3 is 2.70 bits per heavy atom. The summed E-state index contributed by atoms with van der Waals surface area (Å²) in [6, 6.07) is 5.10. The largest absolute Gasteiger partial charge is 0.405 e. The highest BCUT2D eigenvalue weighted by Gasteiger charge is 2.30. The molecule has 9 heteroatoms. The van der Waals surface area contributed by atoms with E-state index in [4.69, 9.17) is 0 Å². The Balaban J connectivity index is 1.60. The third-order valence-corrected chi connectivity index (χ3v) is 3.78.